The second kappa shape index (κ2) is 8.33. The maximum absolute atomic E-state index is 12.4. The molecule has 2 unspecified atom stereocenters. The van der Waals surface area contributed by atoms with Gasteiger partial charge in [-0.25, -0.2) is 0 Å². The van der Waals surface area contributed by atoms with Crippen LogP contribution in [0, 0.1) is 12.8 Å². The van der Waals surface area contributed by atoms with Crippen molar-refractivity contribution in [2.45, 2.75) is 59.0 Å². The third kappa shape index (κ3) is 5.13. The van der Waals surface area contributed by atoms with Gasteiger partial charge in [-0.3, -0.25) is 9.69 Å². The van der Waals surface area contributed by atoms with Crippen molar-refractivity contribution in [3.05, 3.63) is 35.4 Å². The molecule has 0 spiro atoms. The zero-order chi connectivity index (χ0) is 15.9. The van der Waals surface area contributed by atoms with E-state index in [4.69, 9.17) is 0 Å². The number of hydrogen-bond donors (Lipinski definition) is 1. The molecule has 22 heavy (non-hydrogen) atoms. The molecular formula is C19H30N2O. The van der Waals surface area contributed by atoms with E-state index in [0.717, 1.165) is 45.3 Å². The summed E-state index contributed by atoms with van der Waals surface area (Å²) in [6.45, 7) is 9.32. The van der Waals surface area contributed by atoms with Crippen molar-refractivity contribution in [2.75, 3.05) is 13.1 Å². The number of hydrogen-bond acceptors (Lipinski definition) is 2. The molecule has 3 heteroatoms. The highest BCUT2D eigenvalue weighted by Crippen LogP contribution is 2.19. The topological polar surface area (TPSA) is 32.3 Å². The number of aryl methyl sites for hydroxylation is 1. The maximum Gasteiger partial charge on any atom is 0.224 e. The van der Waals surface area contributed by atoms with Gasteiger partial charge in [0.1, 0.15) is 0 Å². The molecule has 1 fully saturated rings. The largest absolute Gasteiger partial charge is 0.353 e. The fraction of sp³-hybridized carbons (Fsp3) is 0.632. The predicted octanol–water partition coefficient (Wildman–Crippen LogP) is 3.51. The van der Waals surface area contributed by atoms with E-state index in [1.54, 1.807) is 0 Å². The molecule has 1 amide bonds. The van der Waals surface area contributed by atoms with Crippen molar-refractivity contribution in [1.82, 2.24) is 10.2 Å². The average molecular weight is 302 g/mol. The normalized spacial score (nSPS) is 20.6. The average Bonchev–Trinajstić information content (AvgIpc) is 2.50. The number of rotatable bonds is 6. The van der Waals surface area contributed by atoms with E-state index in [9.17, 15) is 4.79 Å². The lowest BCUT2D eigenvalue weighted by atomic mass is 9.96. The van der Waals surface area contributed by atoms with Crippen LogP contribution in [0.3, 0.4) is 0 Å². The minimum absolute atomic E-state index is 0.151. The van der Waals surface area contributed by atoms with Crippen molar-refractivity contribution >= 4 is 5.91 Å². The molecule has 1 N–H and O–H groups in total. The summed E-state index contributed by atoms with van der Waals surface area (Å²) in [6.07, 6.45) is 4.32. The maximum atomic E-state index is 12.4. The van der Waals surface area contributed by atoms with Crippen molar-refractivity contribution < 1.29 is 4.79 Å². The van der Waals surface area contributed by atoms with Gasteiger partial charge in [0.2, 0.25) is 5.91 Å². The summed E-state index contributed by atoms with van der Waals surface area (Å²) in [4.78, 5) is 14.8. The monoisotopic (exact) mass is 302 g/mol. The summed E-state index contributed by atoms with van der Waals surface area (Å²) in [6, 6.07) is 9.02. The van der Waals surface area contributed by atoms with Gasteiger partial charge in [-0.15, -0.1) is 0 Å². The summed E-state index contributed by atoms with van der Waals surface area (Å²) in [7, 11) is 0. The van der Waals surface area contributed by atoms with Crippen LogP contribution in [-0.2, 0) is 11.3 Å². The fourth-order valence-corrected chi connectivity index (χ4v) is 3.23. The van der Waals surface area contributed by atoms with Crippen molar-refractivity contribution in [3.63, 3.8) is 0 Å². The van der Waals surface area contributed by atoms with Gasteiger partial charge < -0.3 is 5.32 Å². The summed E-state index contributed by atoms with van der Waals surface area (Å²) >= 11 is 0. The SMILES string of the molecule is CCCC(C)NC(=O)C1CCCN(Cc2ccc(C)cc2)C1. The molecule has 1 aliphatic rings. The molecule has 0 bridgehead atoms. The third-order valence-electron chi connectivity index (χ3n) is 4.51. The molecule has 2 rings (SSSR count). The molecule has 1 aromatic rings. The number of carbonyl (C=O) groups is 1. The number of amides is 1. The number of nitrogens with one attached hydrogen (secondary N) is 1. The highest BCUT2D eigenvalue weighted by Gasteiger charge is 2.26. The summed E-state index contributed by atoms with van der Waals surface area (Å²) in [5.74, 6) is 0.396. The molecule has 2 atom stereocenters. The molecule has 1 aliphatic heterocycles. The Labute approximate surface area is 135 Å². The lowest BCUT2D eigenvalue weighted by molar-refractivity contribution is -0.127. The van der Waals surface area contributed by atoms with Crippen LogP contribution in [0.2, 0.25) is 0 Å². The number of nitrogens with zero attached hydrogens (tertiary/aromatic N) is 1. The zero-order valence-corrected chi connectivity index (χ0v) is 14.3. The van der Waals surface area contributed by atoms with Gasteiger partial charge in [0, 0.05) is 19.1 Å². The smallest absolute Gasteiger partial charge is 0.224 e. The standard InChI is InChI=1S/C19H30N2O/c1-4-6-16(3)20-19(22)18-7-5-12-21(14-18)13-17-10-8-15(2)9-11-17/h8-11,16,18H,4-7,12-14H2,1-3H3,(H,20,22). The Balaban J connectivity index is 1.85. The van der Waals surface area contributed by atoms with Crippen LogP contribution in [0.15, 0.2) is 24.3 Å². The number of likely N-dealkylation sites (tertiary alicyclic amines) is 1. The minimum atomic E-state index is 0.151. The number of benzene rings is 1. The van der Waals surface area contributed by atoms with E-state index in [1.807, 2.05) is 0 Å². The summed E-state index contributed by atoms with van der Waals surface area (Å²) in [5, 5.41) is 3.18. The fourth-order valence-electron chi connectivity index (χ4n) is 3.23. The van der Waals surface area contributed by atoms with Gasteiger partial charge in [0.25, 0.3) is 0 Å². The Kier molecular flexibility index (Phi) is 6.44. The first kappa shape index (κ1) is 17.0. The van der Waals surface area contributed by atoms with Crippen LogP contribution in [0.5, 0.6) is 0 Å². The Bertz CT molecular complexity index is 469. The first-order valence-corrected chi connectivity index (χ1v) is 8.66. The van der Waals surface area contributed by atoms with Crippen LogP contribution in [-0.4, -0.2) is 29.9 Å². The van der Waals surface area contributed by atoms with Gasteiger partial charge in [-0.2, -0.15) is 0 Å². The van der Waals surface area contributed by atoms with Crippen LogP contribution < -0.4 is 5.32 Å². The molecule has 0 aromatic heterocycles. The molecule has 3 nitrogen and oxygen atoms in total. The molecule has 1 saturated heterocycles. The second-order valence-electron chi connectivity index (χ2n) is 6.76. The Morgan fingerprint density at radius 2 is 2.09 bits per heavy atom. The quantitative estimate of drug-likeness (QED) is 0.872. The van der Waals surface area contributed by atoms with Gasteiger partial charge in [-0.05, 0) is 45.2 Å². The molecule has 1 heterocycles. The van der Waals surface area contributed by atoms with E-state index in [-0.39, 0.29) is 11.8 Å². The van der Waals surface area contributed by atoms with E-state index in [0.29, 0.717) is 6.04 Å². The highest BCUT2D eigenvalue weighted by atomic mass is 16.2. The molecule has 0 aliphatic carbocycles. The van der Waals surface area contributed by atoms with Gasteiger partial charge in [-0.1, -0.05) is 43.2 Å². The minimum Gasteiger partial charge on any atom is -0.353 e. The molecule has 0 radical (unpaired) electrons. The number of piperidine rings is 1. The van der Waals surface area contributed by atoms with Crippen LogP contribution >= 0.6 is 0 Å². The molecular weight excluding hydrogens is 272 g/mol. The molecule has 1 aromatic carbocycles. The Morgan fingerprint density at radius 1 is 1.36 bits per heavy atom. The second-order valence-corrected chi connectivity index (χ2v) is 6.76. The van der Waals surface area contributed by atoms with E-state index >= 15 is 0 Å². The van der Waals surface area contributed by atoms with Gasteiger partial charge in [0.15, 0.2) is 0 Å². The predicted molar refractivity (Wildman–Crippen MR) is 91.7 cm³/mol. The van der Waals surface area contributed by atoms with Gasteiger partial charge in [0.05, 0.1) is 5.92 Å². The first-order chi connectivity index (χ1) is 10.6. The van der Waals surface area contributed by atoms with Crippen molar-refractivity contribution in [1.29, 1.82) is 0 Å². The zero-order valence-electron chi connectivity index (χ0n) is 14.3. The van der Waals surface area contributed by atoms with Crippen LogP contribution in [0.1, 0.15) is 50.7 Å². The number of carbonyl (C=O) groups excluding carboxylic acids is 1. The van der Waals surface area contributed by atoms with E-state index in [1.165, 1.54) is 11.1 Å². The lowest BCUT2D eigenvalue weighted by Gasteiger charge is -2.32. The summed E-state index contributed by atoms with van der Waals surface area (Å²) < 4.78 is 0. The van der Waals surface area contributed by atoms with E-state index < -0.39 is 0 Å². The Morgan fingerprint density at radius 3 is 2.77 bits per heavy atom. The van der Waals surface area contributed by atoms with Crippen molar-refractivity contribution in [3.8, 4) is 0 Å². The van der Waals surface area contributed by atoms with Gasteiger partial charge >= 0.3 is 0 Å². The van der Waals surface area contributed by atoms with Crippen LogP contribution in [0.4, 0.5) is 0 Å². The molecule has 0 saturated carbocycles. The van der Waals surface area contributed by atoms with Crippen LogP contribution in [0.25, 0.3) is 0 Å². The highest BCUT2D eigenvalue weighted by molar-refractivity contribution is 5.79. The lowest BCUT2D eigenvalue weighted by Crippen LogP contribution is -2.45. The molecule has 122 valence electrons. The Hall–Kier alpha value is -1.35. The van der Waals surface area contributed by atoms with E-state index in [2.05, 4.69) is 55.3 Å². The van der Waals surface area contributed by atoms with Crippen molar-refractivity contribution in [2.24, 2.45) is 5.92 Å². The summed E-state index contributed by atoms with van der Waals surface area (Å²) in [5.41, 5.74) is 2.63. The third-order valence-corrected chi connectivity index (χ3v) is 4.51. The first-order valence-electron chi connectivity index (χ1n) is 8.66.